The van der Waals surface area contributed by atoms with Crippen LogP contribution in [0.15, 0.2) is 23.1 Å². The van der Waals surface area contributed by atoms with E-state index in [0.29, 0.717) is 10.0 Å². The smallest absolute Gasteiger partial charge is 0.151 e. The molecule has 2 rings (SSSR count). The Labute approximate surface area is 77.2 Å². The Morgan fingerprint density at radius 1 is 1.58 bits per heavy atom. The standard InChI is InChI=1S/C8H6BrFN2/c1-5-6(10)4-12-3-2-11-8(12)7(5)9/h2-4H,1H3. The predicted octanol–water partition coefficient (Wildman–Crippen LogP) is 2.54. The van der Waals surface area contributed by atoms with Gasteiger partial charge < -0.3 is 4.40 Å². The Kier molecular flexibility index (Phi) is 1.65. The maximum atomic E-state index is 13.1. The summed E-state index contributed by atoms with van der Waals surface area (Å²) in [5, 5.41) is 0. The number of fused-ring (bicyclic) bond motifs is 1. The molecule has 0 unspecified atom stereocenters. The lowest BCUT2D eigenvalue weighted by atomic mass is 10.3. The molecular formula is C8H6BrFN2. The third kappa shape index (κ3) is 0.948. The topological polar surface area (TPSA) is 17.3 Å². The van der Waals surface area contributed by atoms with E-state index >= 15 is 0 Å². The van der Waals surface area contributed by atoms with Gasteiger partial charge in [-0.2, -0.15) is 0 Å². The molecule has 0 amide bonds. The molecule has 0 spiro atoms. The molecule has 2 aromatic heterocycles. The number of aromatic nitrogens is 2. The zero-order chi connectivity index (χ0) is 8.72. The molecule has 2 aromatic rings. The quantitative estimate of drug-likeness (QED) is 0.678. The maximum Gasteiger partial charge on any atom is 0.151 e. The van der Waals surface area contributed by atoms with Crippen molar-refractivity contribution >= 4 is 21.6 Å². The summed E-state index contributed by atoms with van der Waals surface area (Å²) >= 11 is 3.29. The fourth-order valence-electron chi connectivity index (χ4n) is 1.08. The number of hydrogen-bond acceptors (Lipinski definition) is 1. The van der Waals surface area contributed by atoms with E-state index in [0.717, 1.165) is 5.65 Å². The van der Waals surface area contributed by atoms with Crippen LogP contribution in [0, 0.1) is 12.7 Å². The van der Waals surface area contributed by atoms with Crippen molar-refractivity contribution in [2.24, 2.45) is 0 Å². The van der Waals surface area contributed by atoms with Gasteiger partial charge in [-0.05, 0) is 22.9 Å². The van der Waals surface area contributed by atoms with Crippen molar-refractivity contribution < 1.29 is 4.39 Å². The molecule has 62 valence electrons. The lowest BCUT2D eigenvalue weighted by molar-refractivity contribution is 0.608. The predicted molar refractivity (Wildman–Crippen MR) is 47.6 cm³/mol. The Hall–Kier alpha value is -0.900. The van der Waals surface area contributed by atoms with E-state index in [4.69, 9.17) is 0 Å². The summed E-state index contributed by atoms with van der Waals surface area (Å²) in [7, 11) is 0. The highest BCUT2D eigenvalue weighted by Gasteiger charge is 2.07. The van der Waals surface area contributed by atoms with E-state index in [1.165, 1.54) is 6.20 Å². The van der Waals surface area contributed by atoms with Gasteiger partial charge in [0.15, 0.2) is 5.65 Å². The first-order valence-corrected chi connectivity index (χ1v) is 4.26. The van der Waals surface area contributed by atoms with Gasteiger partial charge in [-0.15, -0.1) is 0 Å². The van der Waals surface area contributed by atoms with Crippen LogP contribution in [0.5, 0.6) is 0 Å². The second kappa shape index (κ2) is 2.55. The van der Waals surface area contributed by atoms with Gasteiger partial charge in [0, 0.05) is 24.2 Å². The molecule has 0 radical (unpaired) electrons. The minimum absolute atomic E-state index is 0.229. The van der Waals surface area contributed by atoms with E-state index in [2.05, 4.69) is 20.9 Å². The fourth-order valence-corrected chi connectivity index (χ4v) is 1.58. The Morgan fingerprint density at radius 2 is 2.33 bits per heavy atom. The summed E-state index contributed by atoms with van der Waals surface area (Å²) in [6.45, 7) is 1.72. The van der Waals surface area contributed by atoms with E-state index < -0.39 is 0 Å². The van der Waals surface area contributed by atoms with Crippen molar-refractivity contribution in [3.8, 4) is 0 Å². The molecule has 2 nitrogen and oxygen atoms in total. The number of pyridine rings is 1. The largest absolute Gasteiger partial charge is 0.303 e. The van der Waals surface area contributed by atoms with Crippen LogP contribution >= 0.6 is 15.9 Å². The Morgan fingerprint density at radius 3 is 3.08 bits per heavy atom. The highest BCUT2D eigenvalue weighted by Crippen LogP contribution is 2.22. The van der Waals surface area contributed by atoms with Crippen LogP contribution in [0.3, 0.4) is 0 Å². The van der Waals surface area contributed by atoms with E-state index in [9.17, 15) is 4.39 Å². The Bertz CT molecular complexity index is 436. The van der Waals surface area contributed by atoms with Crippen molar-refractivity contribution in [3.05, 3.63) is 34.4 Å². The van der Waals surface area contributed by atoms with Crippen LogP contribution in [-0.4, -0.2) is 9.38 Å². The molecule has 2 heterocycles. The summed E-state index contributed by atoms with van der Waals surface area (Å²) in [5.74, 6) is -0.229. The van der Waals surface area contributed by atoms with E-state index in [1.807, 2.05) is 0 Å². The number of halogens is 2. The van der Waals surface area contributed by atoms with Crippen molar-refractivity contribution in [1.29, 1.82) is 0 Å². The van der Waals surface area contributed by atoms with Gasteiger partial charge in [-0.3, -0.25) is 0 Å². The van der Waals surface area contributed by atoms with Crippen molar-refractivity contribution in [1.82, 2.24) is 9.38 Å². The maximum absolute atomic E-state index is 13.1. The highest BCUT2D eigenvalue weighted by molar-refractivity contribution is 9.10. The number of nitrogens with zero attached hydrogens (tertiary/aromatic N) is 2. The van der Waals surface area contributed by atoms with Gasteiger partial charge in [0.1, 0.15) is 5.82 Å². The van der Waals surface area contributed by atoms with Crippen LogP contribution in [0.4, 0.5) is 4.39 Å². The molecule has 0 aliphatic carbocycles. The molecule has 0 atom stereocenters. The summed E-state index contributed by atoms with van der Waals surface area (Å²) in [6.07, 6.45) is 4.77. The normalized spacial score (nSPS) is 10.9. The fraction of sp³-hybridized carbons (Fsp3) is 0.125. The third-order valence-corrected chi connectivity index (χ3v) is 2.75. The number of hydrogen-bond donors (Lipinski definition) is 0. The third-order valence-electron chi connectivity index (χ3n) is 1.80. The monoisotopic (exact) mass is 228 g/mol. The second-order valence-corrected chi connectivity index (χ2v) is 3.37. The minimum Gasteiger partial charge on any atom is -0.303 e. The van der Waals surface area contributed by atoms with Crippen LogP contribution in [-0.2, 0) is 0 Å². The summed E-state index contributed by atoms with van der Waals surface area (Å²) in [6, 6.07) is 0. The summed E-state index contributed by atoms with van der Waals surface area (Å²) in [5.41, 5.74) is 1.34. The van der Waals surface area contributed by atoms with Gasteiger partial charge in [0.25, 0.3) is 0 Å². The summed E-state index contributed by atoms with van der Waals surface area (Å²) < 4.78 is 15.5. The molecule has 0 saturated heterocycles. The molecule has 0 saturated carbocycles. The average Bonchev–Trinajstić information content (AvgIpc) is 2.48. The van der Waals surface area contributed by atoms with E-state index in [1.54, 1.807) is 23.7 Å². The molecule has 0 aromatic carbocycles. The number of imidazole rings is 1. The molecule has 0 aliphatic rings. The van der Waals surface area contributed by atoms with Gasteiger partial charge in [-0.25, -0.2) is 9.37 Å². The number of rotatable bonds is 0. The molecule has 0 fully saturated rings. The minimum atomic E-state index is -0.229. The molecule has 4 heteroatoms. The van der Waals surface area contributed by atoms with Crippen molar-refractivity contribution in [2.75, 3.05) is 0 Å². The van der Waals surface area contributed by atoms with Crippen LogP contribution in [0.25, 0.3) is 5.65 Å². The zero-order valence-corrected chi connectivity index (χ0v) is 7.97. The van der Waals surface area contributed by atoms with Gasteiger partial charge in [-0.1, -0.05) is 0 Å². The van der Waals surface area contributed by atoms with Crippen LogP contribution < -0.4 is 0 Å². The van der Waals surface area contributed by atoms with Crippen molar-refractivity contribution in [3.63, 3.8) is 0 Å². The highest BCUT2D eigenvalue weighted by atomic mass is 79.9. The second-order valence-electron chi connectivity index (χ2n) is 2.57. The molecule has 0 aliphatic heterocycles. The lowest BCUT2D eigenvalue weighted by Crippen LogP contribution is -1.92. The average molecular weight is 229 g/mol. The first-order valence-electron chi connectivity index (χ1n) is 3.47. The first kappa shape index (κ1) is 7.73. The molecular weight excluding hydrogens is 223 g/mol. The zero-order valence-electron chi connectivity index (χ0n) is 6.38. The SMILES string of the molecule is Cc1c(F)cn2ccnc2c1Br. The lowest BCUT2D eigenvalue weighted by Gasteiger charge is -2.01. The molecule has 0 N–H and O–H groups in total. The first-order chi connectivity index (χ1) is 5.70. The van der Waals surface area contributed by atoms with Crippen LogP contribution in [0.1, 0.15) is 5.56 Å². The summed E-state index contributed by atoms with van der Waals surface area (Å²) in [4.78, 5) is 4.07. The molecule has 12 heavy (non-hydrogen) atoms. The Balaban J connectivity index is 2.94. The van der Waals surface area contributed by atoms with Crippen LogP contribution in [0.2, 0.25) is 0 Å². The van der Waals surface area contributed by atoms with Crippen molar-refractivity contribution in [2.45, 2.75) is 6.92 Å². The molecule has 0 bridgehead atoms. The van der Waals surface area contributed by atoms with Gasteiger partial charge >= 0.3 is 0 Å². The van der Waals surface area contributed by atoms with Gasteiger partial charge in [0.05, 0.1) is 4.47 Å². The van der Waals surface area contributed by atoms with Gasteiger partial charge in [0.2, 0.25) is 0 Å². The van der Waals surface area contributed by atoms with E-state index in [-0.39, 0.29) is 5.82 Å².